The van der Waals surface area contributed by atoms with Gasteiger partial charge in [0.05, 0.1) is 0 Å². The van der Waals surface area contributed by atoms with Crippen molar-refractivity contribution in [1.29, 1.82) is 0 Å². The van der Waals surface area contributed by atoms with E-state index in [1.165, 1.54) is 0 Å². The molecule has 3 aliphatic rings. The number of halogens is 1. The minimum atomic E-state index is -0.598. The second kappa shape index (κ2) is 9.73. The van der Waals surface area contributed by atoms with Gasteiger partial charge in [-0.3, -0.25) is 14.4 Å². The smallest absolute Gasteiger partial charge is 0.262 e. The summed E-state index contributed by atoms with van der Waals surface area (Å²) in [4.78, 5) is 39.9. The zero-order chi connectivity index (χ0) is 27.2. The number of benzene rings is 2. The fraction of sp³-hybridized carbons (Fsp3) is 0.387. The first-order valence-electron chi connectivity index (χ1n) is 13.0. The van der Waals surface area contributed by atoms with Gasteiger partial charge in [0.25, 0.3) is 5.91 Å². The fourth-order valence-corrected chi connectivity index (χ4v) is 6.12. The molecule has 6 nitrogen and oxygen atoms in total. The van der Waals surface area contributed by atoms with E-state index in [-0.39, 0.29) is 34.9 Å². The van der Waals surface area contributed by atoms with Crippen LogP contribution in [0, 0.1) is 10.8 Å². The summed E-state index contributed by atoms with van der Waals surface area (Å²) in [5.41, 5.74) is 3.88. The van der Waals surface area contributed by atoms with E-state index in [0.717, 1.165) is 11.4 Å². The van der Waals surface area contributed by atoms with Crippen molar-refractivity contribution in [2.45, 2.75) is 59.3 Å². The minimum absolute atomic E-state index is 0.0191. The molecule has 0 aromatic heterocycles. The second-order valence-corrected chi connectivity index (χ2v) is 12.5. The molecule has 0 fully saturated rings. The van der Waals surface area contributed by atoms with Gasteiger partial charge in [0.2, 0.25) is 0 Å². The first-order chi connectivity index (χ1) is 17.9. The molecular formula is C31H33ClN2O4. The second-order valence-electron chi connectivity index (χ2n) is 12.1. The Balaban J connectivity index is 1.55. The molecule has 0 atom stereocenters. The minimum Gasteiger partial charge on any atom is -0.483 e. The number of rotatable bonds is 5. The Morgan fingerprint density at radius 3 is 2.08 bits per heavy atom. The summed E-state index contributed by atoms with van der Waals surface area (Å²) in [6, 6.07) is 14.3. The molecule has 1 aliphatic heterocycles. The van der Waals surface area contributed by atoms with E-state index in [2.05, 4.69) is 38.3 Å². The first-order valence-corrected chi connectivity index (χ1v) is 13.4. The Hall–Kier alpha value is -3.38. The van der Waals surface area contributed by atoms with Crippen molar-refractivity contribution in [2.24, 2.45) is 10.8 Å². The van der Waals surface area contributed by atoms with Gasteiger partial charge in [-0.2, -0.15) is 0 Å². The van der Waals surface area contributed by atoms with Gasteiger partial charge in [-0.1, -0.05) is 57.5 Å². The number of ether oxygens (including phenoxy) is 1. The van der Waals surface area contributed by atoms with Crippen LogP contribution in [0.25, 0.3) is 0 Å². The van der Waals surface area contributed by atoms with E-state index in [9.17, 15) is 14.4 Å². The lowest BCUT2D eigenvalue weighted by atomic mass is 9.64. The van der Waals surface area contributed by atoms with Crippen LogP contribution >= 0.6 is 11.6 Å². The van der Waals surface area contributed by atoms with Crippen molar-refractivity contribution >= 4 is 34.8 Å². The molecule has 7 heteroatoms. The number of para-hydroxylation sites is 1. The van der Waals surface area contributed by atoms with Crippen LogP contribution in [-0.4, -0.2) is 24.1 Å². The van der Waals surface area contributed by atoms with Crippen LogP contribution in [-0.2, 0) is 14.4 Å². The number of carbonyl (C=O) groups excluding carboxylic acids is 3. The molecular weight excluding hydrogens is 500 g/mol. The molecule has 1 heterocycles. The van der Waals surface area contributed by atoms with Gasteiger partial charge in [0, 0.05) is 57.6 Å². The predicted octanol–water partition coefficient (Wildman–Crippen LogP) is 6.33. The number of hydrogen-bond acceptors (Lipinski definition) is 5. The van der Waals surface area contributed by atoms with E-state index in [1.54, 1.807) is 30.3 Å². The Morgan fingerprint density at radius 2 is 1.50 bits per heavy atom. The molecule has 198 valence electrons. The molecule has 0 unspecified atom stereocenters. The van der Waals surface area contributed by atoms with Gasteiger partial charge >= 0.3 is 0 Å². The lowest BCUT2D eigenvalue weighted by Crippen LogP contribution is -2.42. The molecule has 2 aromatic rings. The first kappa shape index (κ1) is 26.2. The summed E-state index contributed by atoms with van der Waals surface area (Å²) in [6.45, 7) is 8.12. The highest BCUT2D eigenvalue weighted by Gasteiger charge is 2.47. The molecule has 0 saturated heterocycles. The number of ketones is 2. The molecule has 2 aromatic carbocycles. The summed E-state index contributed by atoms with van der Waals surface area (Å²) >= 11 is 6.47. The average molecular weight is 533 g/mol. The lowest BCUT2D eigenvalue weighted by Gasteiger charge is -2.44. The summed E-state index contributed by atoms with van der Waals surface area (Å²) in [6.07, 6.45) is 2.18. The third kappa shape index (κ3) is 5.28. The number of hydrogen-bond donors (Lipinski definition) is 2. The number of carbonyl (C=O) groups is 3. The largest absolute Gasteiger partial charge is 0.483 e. The lowest BCUT2D eigenvalue weighted by molar-refractivity contribution is -0.120. The van der Waals surface area contributed by atoms with Crippen molar-refractivity contribution in [2.75, 3.05) is 11.9 Å². The molecule has 38 heavy (non-hydrogen) atoms. The quantitative estimate of drug-likeness (QED) is 0.470. The summed E-state index contributed by atoms with van der Waals surface area (Å²) in [7, 11) is 0. The van der Waals surface area contributed by atoms with Crippen LogP contribution in [0.15, 0.2) is 71.1 Å². The molecule has 2 aliphatic carbocycles. The van der Waals surface area contributed by atoms with Crippen molar-refractivity contribution in [3.05, 3.63) is 81.7 Å². The molecule has 0 spiro atoms. The Bertz CT molecular complexity index is 1340. The van der Waals surface area contributed by atoms with Crippen LogP contribution in [0.3, 0.4) is 0 Å². The number of dihydropyridines is 1. The average Bonchev–Trinajstić information content (AvgIpc) is 2.81. The van der Waals surface area contributed by atoms with Crippen molar-refractivity contribution < 1.29 is 19.1 Å². The molecule has 0 bridgehead atoms. The van der Waals surface area contributed by atoms with Gasteiger partial charge in [0.1, 0.15) is 5.75 Å². The van der Waals surface area contributed by atoms with Crippen LogP contribution in [0.1, 0.15) is 64.9 Å². The number of nitrogens with one attached hydrogen (secondary N) is 2. The highest BCUT2D eigenvalue weighted by atomic mass is 35.5. The van der Waals surface area contributed by atoms with Gasteiger partial charge in [-0.25, -0.2) is 0 Å². The summed E-state index contributed by atoms with van der Waals surface area (Å²) in [5.74, 6) is -0.442. The van der Waals surface area contributed by atoms with Gasteiger partial charge in [0.15, 0.2) is 18.2 Å². The number of anilines is 1. The third-order valence-corrected chi connectivity index (χ3v) is 7.65. The van der Waals surface area contributed by atoms with E-state index >= 15 is 0 Å². The summed E-state index contributed by atoms with van der Waals surface area (Å²) < 4.78 is 6.03. The maximum atomic E-state index is 13.6. The zero-order valence-corrected chi connectivity index (χ0v) is 23.0. The van der Waals surface area contributed by atoms with Crippen LogP contribution in [0.2, 0.25) is 5.02 Å². The van der Waals surface area contributed by atoms with Crippen LogP contribution in [0.5, 0.6) is 5.75 Å². The van der Waals surface area contributed by atoms with Gasteiger partial charge < -0.3 is 15.4 Å². The van der Waals surface area contributed by atoms with Gasteiger partial charge in [-0.15, -0.1) is 0 Å². The van der Waals surface area contributed by atoms with Crippen molar-refractivity contribution in [1.82, 2.24) is 5.32 Å². The number of Topliss-reactive ketones (excluding diaryl/α,β-unsaturated/α-hetero) is 2. The molecule has 0 saturated carbocycles. The normalized spacial score (nSPS) is 20.4. The van der Waals surface area contributed by atoms with Crippen LogP contribution in [0.4, 0.5) is 5.69 Å². The molecule has 2 N–H and O–H groups in total. The molecule has 5 rings (SSSR count). The van der Waals surface area contributed by atoms with E-state index in [1.807, 2.05) is 18.2 Å². The van der Waals surface area contributed by atoms with E-state index < -0.39 is 5.92 Å². The molecule has 0 radical (unpaired) electrons. The van der Waals surface area contributed by atoms with Crippen molar-refractivity contribution in [3.8, 4) is 5.75 Å². The zero-order valence-electron chi connectivity index (χ0n) is 22.2. The van der Waals surface area contributed by atoms with Gasteiger partial charge in [-0.05, 0) is 54.0 Å². The Morgan fingerprint density at radius 1 is 0.921 bits per heavy atom. The number of allylic oxidation sites excluding steroid dienone is 4. The monoisotopic (exact) mass is 532 g/mol. The molecule has 1 amide bonds. The standard InChI is InChI=1S/C31H33ClN2O4/c1-30(2)13-21-28(23(35)15-30)27(29-22(34-21)14-31(3,4)16-24(29)36)20-12-18(32)10-11-25(20)38-17-26(37)33-19-8-6-5-7-9-19/h5-12,27,34H,13-17H2,1-4H3,(H,33,37). The predicted molar refractivity (Wildman–Crippen MR) is 148 cm³/mol. The SMILES string of the molecule is CC1(C)CC(=O)C2=C(C1)NC1=C(C(=O)CC(C)(C)C1)C2c1cc(Cl)ccc1OCC(=O)Nc1ccccc1. The Kier molecular flexibility index (Phi) is 6.72. The third-order valence-electron chi connectivity index (χ3n) is 7.42. The maximum absolute atomic E-state index is 13.6. The highest BCUT2D eigenvalue weighted by Crippen LogP contribution is 2.52. The number of amides is 1. The summed E-state index contributed by atoms with van der Waals surface area (Å²) in [5, 5.41) is 6.81. The van der Waals surface area contributed by atoms with E-state index in [4.69, 9.17) is 16.3 Å². The Labute approximate surface area is 228 Å². The maximum Gasteiger partial charge on any atom is 0.262 e. The fourth-order valence-electron chi connectivity index (χ4n) is 5.94. The topological polar surface area (TPSA) is 84.5 Å². The van der Waals surface area contributed by atoms with Crippen molar-refractivity contribution in [3.63, 3.8) is 0 Å². The van der Waals surface area contributed by atoms with E-state index in [0.29, 0.717) is 58.9 Å². The van der Waals surface area contributed by atoms with Crippen LogP contribution < -0.4 is 15.4 Å². The highest BCUT2D eigenvalue weighted by molar-refractivity contribution is 6.30.